The first-order valence-corrected chi connectivity index (χ1v) is 9.17. The Kier molecular flexibility index (Phi) is 7.00. The number of benzene rings is 1. The first kappa shape index (κ1) is 21.7. The number of aromatic nitrogens is 3. The molecule has 0 unspecified atom stereocenters. The van der Waals surface area contributed by atoms with E-state index in [0.29, 0.717) is 17.8 Å². The van der Waals surface area contributed by atoms with Gasteiger partial charge in [0.25, 0.3) is 0 Å². The van der Waals surface area contributed by atoms with Crippen LogP contribution in [0.2, 0.25) is 0 Å². The number of amides is 1. The van der Waals surface area contributed by atoms with Gasteiger partial charge >= 0.3 is 11.8 Å². The molecule has 0 aliphatic heterocycles. The van der Waals surface area contributed by atoms with Crippen molar-refractivity contribution >= 4 is 22.0 Å². The smallest absolute Gasteiger partial charge is 0.407 e. The summed E-state index contributed by atoms with van der Waals surface area (Å²) in [5.74, 6) is 0.558. The molecule has 152 valence electrons. The van der Waals surface area contributed by atoms with E-state index in [1.54, 1.807) is 39.0 Å². The Morgan fingerprint density at radius 1 is 1.39 bits per heavy atom. The van der Waals surface area contributed by atoms with Gasteiger partial charge in [0.1, 0.15) is 17.7 Å². The molecule has 0 bridgehead atoms. The second-order valence-corrected chi connectivity index (χ2v) is 7.74. The molecule has 1 amide bonds. The fraction of sp³-hybridized carbons (Fsp3) is 0.389. The van der Waals surface area contributed by atoms with Crippen LogP contribution in [0.3, 0.4) is 0 Å². The molecule has 0 aliphatic carbocycles. The summed E-state index contributed by atoms with van der Waals surface area (Å²) in [5, 5.41) is 6.46. The summed E-state index contributed by atoms with van der Waals surface area (Å²) in [7, 11) is 1.52. The van der Waals surface area contributed by atoms with Crippen molar-refractivity contribution in [1.82, 2.24) is 19.7 Å². The maximum Gasteiger partial charge on any atom is 0.407 e. The molecule has 1 N–H and O–H groups in total. The van der Waals surface area contributed by atoms with Crippen LogP contribution < -0.4 is 15.7 Å². The van der Waals surface area contributed by atoms with Crippen LogP contribution in [0.1, 0.15) is 20.8 Å². The normalized spacial score (nSPS) is 12.0. The lowest BCUT2D eigenvalue weighted by Crippen LogP contribution is -2.34. The number of alkyl carbamates (subject to hydrolysis) is 1. The third-order valence-corrected chi connectivity index (χ3v) is 4.17. The lowest BCUT2D eigenvalue weighted by molar-refractivity contribution is 0.0532. The van der Waals surface area contributed by atoms with E-state index < -0.39 is 17.4 Å². The first-order valence-electron chi connectivity index (χ1n) is 8.38. The van der Waals surface area contributed by atoms with Crippen molar-refractivity contribution < 1.29 is 18.7 Å². The number of methoxy groups -OCH3 is 1. The monoisotopic (exact) mass is 456 g/mol. The molecule has 0 aliphatic rings. The van der Waals surface area contributed by atoms with Gasteiger partial charge in [-0.3, -0.25) is 0 Å². The molecule has 0 saturated heterocycles. The first-order chi connectivity index (χ1) is 13.1. The van der Waals surface area contributed by atoms with Gasteiger partial charge in [-0.15, -0.1) is 0 Å². The zero-order valence-corrected chi connectivity index (χ0v) is 17.6. The number of carbonyl (C=O) groups is 1. The lowest BCUT2D eigenvalue weighted by atomic mass is 10.2. The number of carbonyl (C=O) groups excluding carboxylic acids is 1. The zero-order valence-electron chi connectivity index (χ0n) is 16.0. The molecule has 0 atom stereocenters. The Morgan fingerprint density at radius 2 is 2.11 bits per heavy atom. The van der Waals surface area contributed by atoms with Gasteiger partial charge in [0.2, 0.25) is 0 Å². The molecule has 0 radical (unpaired) electrons. The van der Waals surface area contributed by atoms with Gasteiger partial charge in [-0.05, 0) is 54.4 Å². The minimum absolute atomic E-state index is 0.114. The van der Waals surface area contributed by atoms with Crippen LogP contribution in [0.25, 0.3) is 5.69 Å². The van der Waals surface area contributed by atoms with Crippen LogP contribution in [0.5, 0.6) is 5.75 Å². The molecule has 2 rings (SSSR count). The van der Waals surface area contributed by atoms with E-state index in [-0.39, 0.29) is 18.7 Å². The van der Waals surface area contributed by atoms with Crippen LogP contribution >= 0.6 is 15.9 Å². The van der Waals surface area contributed by atoms with Gasteiger partial charge in [-0.1, -0.05) is 0 Å². The summed E-state index contributed by atoms with van der Waals surface area (Å²) in [4.78, 5) is 24.3. The number of rotatable bonds is 6. The van der Waals surface area contributed by atoms with Gasteiger partial charge in [-0.2, -0.15) is 5.10 Å². The number of halogens is 2. The molecule has 0 spiro atoms. The highest BCUT2D eigenvalue weighted by Crippen LogP contribution is 2.26. The molecule has 0 saturated carbocycles. The van der Waals surface area contributed by atoms with Crippen molar-refractivity contribution in [3.63, 3.8) is 0 Å². The molecule has 0 fully saturated rings. The molecule has 28 heavy (non-hydrogen) atoms. The molecule has 2 aromatic rings. The zero-order chi connectivity index (χ0) is 20.9. The van der Waals surface area contributed by atoms with Crippen LogP contribution in [-0.2, 0) is 11.3 Å². The summed E-state index contributed by atoms with van der Waals surface area (Å²) >= 11 is 3.35. The standard InChI is InChI=1S/C18H22BrFN4O4/c1-18(2,3)28-16(25)21-9-12(8-20)10-24-17(26)23(11-22-24)13-5-6-14(19)15(7-13)27-4/h5-8,11H,9-10H2,1-4H3,(H,21,25)/b12-8-. The van der Waals surface area contributed by atoms with Gasteiger partial charge in [-0.25, -0.2) is 23.2 Å². The van der Waals surface area contributed by atoms with E-state index in [1.165, 1.54) is 18.0 Å². The summed E-state index contributed by atoms with van der Waals surface area (Å²) in [6.45, 7) is 4.94. The molecule has 10 heteroatoms. The van der Waals surface area contributed by atoms with Crippen molar-refractivity contribution in [1.29, 1.82) is 0 Å². The number of ether oxygens (including phenoxy) is 2. The van der Waals surface area contributed by atoms with Gasteiger partial charge in [0.15, 0.2) is 0 Å². The Hall–Kier alpha value is -2.62. The summed E-state index contributed by atoms with van der Waals surface area (Å²) in [6.07, 6.45) is 1.000. The van der Waals surface area contributed by atoms with E-state index >= 15 is 0 Å². The van der Waals surface area contributed by atoms with Crippen LogP contribution in [0, 0.1) is 0 Å². The minimum Gasteiger partial charge on any atom is -0.495 e. The Labute approximate surface area is 170 Å². The van der Waals surface area contributed by atoms with E-state index in [1.807, 2.05) is 0 Å². The Balaban J connectivity index is 2.11. The van der Waals surface area contributed by atoms with E-state index in [9.17, 15) is 14.0 Å². The minimum atomic E-state index is -0.674. The highest BCUT2D eigenvalue weighted by molar-refractivity contribution is 9.10. The number of hydrogen-bond acceptors (Lipinski definition) is 5. The lowest BCUT2D eigenvalue weighted by Gasteiger charge is -2.19. The van der Waals surface area contributed by atoms with Crippen molar-refractivity contribution in [3.8, 4) is 11.4 Å². The molecular weight excluding hydrogens is 435 g/mol. The number of nitrogens with one attached hydrogen (secondary N) is 1. The quantitative estimate of drug-likeness (QED) is 0.720. The average molecular weight is 457 g/mol. The maximum absolute atomic E-state index is 13.2. The number of hydrogen-bond donors (Lipinski definition) is 1. The van der Waals surface area contributed by atoms with E-state index in [2.05, 4.69) is 26.3 Å². The van der Waals surface area contributed by atoms with Gasteiger partial charge < -0.3 is 14.8 Å². The van der Waals surface area contributed by atoms with Crippen molar-refractivity contribution in [2.45, 2.75) is 32.9 Å². The number of nitrogens with zero attached hydrogens (tertiary/aromatic N) is 3. The average Bonchev–Trinajstić information content (AvgIpc) is 2.98. The van der Waals surface area contributed by atoms with Crippen LogP contribution in [0.4, 0.5) is 9.18 Å². The molecule has 1 aromatic heterocycles. The third kappa shape index (κ3) is 5.69. The molecule has 1 heterocycles. The fourth-order valence-corrected chi connectivity index (χ4v) is 2.65. The van der Waals surface area contributed by atoms with Crippen molar-refractivity contribution in [2.24, 2.45) is 0 Å². The SMILES string of the molecule is COc1cc(-n2cnn(C/C(=C\F)CNC(=O)OC(C)(C)C)c2=O)ccc1Br. The van der Waals surface area contributed by atoms with Gasteiger partial charge in [0, 0.05) is 12.6 Å². The van der Waals surface area contributed by atoms with Crippen LogP contribution in [-0.4, -0.2) is 39.7 Å². The third-order valence-electron chi connectivity index (χ3n) is 3.51. The van der Waals surface area contributed by atoms with E-state index in [0.717, 1.165) is 9.15 Å². The molecular formula is C18H22BrFN4O4. The second-order valence-electron chi connectivity index (χ2n) is 6.88. The summed E-state index contributed by atoms with van der Waals surface area (Å²) in [5.41, 5.74) is -0.410. The molecule has 1 aromatic carbocycles. The van der Waals surface area contributed by atoms with Gasteiger partial charge in [0.05, 0.1) is 30.1 Å². The topological polar surface area (TPSA) is 87.4 Å². The van der Waals surface area contributed by atoms with E-state index in [4.69, 9.17) is 9.47 Å². The fourth-order valence-electron chi connectivity index (χ4n) is 2.24. The molecule has 8 nitrogen and oxygen atoms in total. The summed E-state index contributed by atoms with van der Waals surface area (Å²) in [6, 6.07) is 5.14. The summed E-state index contributed by atoms with van der Waals surface area (Å²) < 4.78 is 26.7. The largest absolute Gasteiger partial charge is 0.495 e. The second kappa shape index (κ2) is 9.05. The highest BCUT2D eigenvalue weighted by atomic mass is 79.9. The van der Waals surface area contributed by atoms with Crippen LogP contribution in [0.15, 0.2) is 45.7 Å². The maximum atomic E-state index is 13.2. The van der Waals surface area contributed by atoms with Crippen molar-refractivity contribution in [2.75, 3.05) is 13.7 Å². The predicted molar refractivity (Wildman–Crippen MR) is 106 cm³/mol. The predicted octanol–water partition coefficient (Wildman–Crippen LogP) is 3.18. The Bertz CT molecular complexity index is 930. The van der Waals surface area contributed by atoms with Crippen molar-refractivity contribution in [3.05, 3.63) is 51.4 Å². The highest BCUT2D eigenvalue weighted by Gasteiger charge is 2.17. The Morgan fingerprint density at radius 3 is 2.71 bits per heavy atom.